The molecule has 0 radical (unpaired) electrons. The number of hydrogen-bond acceptors (Lipinski definition) is 3. The molecule has 17 heavy (non-hydrogen) atoms. The Morgan fingerprint density at radius 2 is 2.12 bits per heavy atom. The van der Waals surface area contributed by atoms with Crippen molar-refractivity contribution in [3.05, 3.63) is 29.3 Å². The molecule has 1 unspecified atom stereocenters. The molecule has 1 heterocycles. The van der Waals surface area contributed by atoms with Crippen molar-refractivity contribution in [3.8, 4) is 0 Å². The first-order valence-corrected chi connectivity index (χ1v) is 5.89. The minimum Gasteiger partial charge on any atom is -0.449 e. The maximum atomic E-state index is 11.6. The Morgan fingerprint density at radius 1 is 1.41 bits per heavy atom. The van der Waals surface area contributed by atoms with Crippen molar-refractivity contribution in [2.24, 2.45) is 5.92 Å². The van der Waals surface area contributed by atoms with Gasteiger partial charge in [-0.25, -0.2) is 4.79 Å². The van der Waals surface area contributed by atoms with Gasteiger partial charge in [-0.1, -0.05) is 11.6 Å². The first-order chi connectivity index (χ1) is 8.20. The lowest BCUT2D eigenvalue weighted by Crippen LogP contribution is -2.43. The van der Waals surface area contributed by atoms with Crippen LogP contribution >= 0.6 is 11.6 Å². The molecule has 0 spiro atoms. The molecule has 2 rings (SSSR count). The Morgan fingerprint density at radius 3 is 2.76 bits per heavy atom. The van der Waals surface area contributed by atoms with E-state index in [2.05, 4.69) is 0 Å². The number of rotatable bonds is 3. The highest BCUT2D eigenvalue weighted by atomic mass is 35.5. The van der Waals surface area contributed by atoms with Crippen molar-refractivity contribution in [3.63, 3.8) is 0 Å². The van der Waals surface area contributed by atoms with E-state index in [9.17, 15) is 4.79 Å². The zero-order chi connectivity index (χ0) is 12.3. The Labute approximate surface area is 105 Å². The number of halogens is 1. The fourth-order valence-corrected chi connectivity index (χ4v) is 1.97. The van der Waals surface area contributed by atoms with Crippen LogP contribution in [0.15, 0.2) is 24.3 Å². The van der Waals surface area contributed by atoms with E-state index in [1.807, 2.05) is 0 Å². The summed E-state index contributed by atoms with van der Waals surface area (Å²) in [5.41, 5.74) is 0.766. The topological polar surface area (TPSA) is 49.8 Å². The molecule has 1 N–H and O–H groups in total. The molecule has 0 bridgehead atoms. The number of nitrogens with zero attached hydrogens (tertiary/aromatic N) is 1. The number of ether oxygens (including phenoxy) is 1. The summed E-state index contributed by atoms with van der Waals surface area (Å²) in [6.45, 7) is 1.06. The van der Waals surface area contributed by atoms with Crippen LogP contribution in [-0.2, 0) is 4.74 Å². The number of aliphatic hydroxyl groups excluding tert-OH is 1. The Hall–Kier alpha value is -1.26. The molecule has 1 fully saturated rings. The molecule has 1 saturated heterocycles. The molecule has 0 saturated carbocycles. The molecular weight excluding hydrogens is 242 g/mol. The van der Waals surface area contributed by atoms with Gasteiger partial charge < -0.3 is 9.84 Å². The number of hydrogen-bond donors (Lipinski definition) is 1. The van der Waals surface area contributed by atoms with Gasteiger partial charge in [0, 0.05) is 29.8 Å². The quantitative estimate of drug-likeness (QED) is 0.902. The van der Waals surface area contributed by atoms with Crippen molar-refractivity contribution in [2.75, 3.05) is 24.7 Å². The fourth-order valence-electron chi connectivity index (χ4n) is 1.84. The number of anilines is 1. The largest absolute Gasteiger partial charge is 0.449 e. The molecule has 1 amide bonds. The van der Waals surface area contributed by atoms with E-state index in [1.54, 1.807) is 29.2 Å². The number of carbonyl (C=O) groups is 1. The molecule has 0 aliphatic carbocycles. The molecule has 5 heteroatoms. The molecule has 1 aliphatic rings. The second kappa shape index (κ2) is 5.38. The lowest BCUT2D eigenvalue weighted by atomic mass is 10.1. The second-order valence-electron chi connectivity index (χ2n) is 4.04. The van der Waals surface area contributed by atoms with Gasteiger partial charge in [0.1, 0.15) is 0 Å². The standard InChI is InChI=1S/C12H14ClNO3/c13-10-1-3-11(4-2-10)14-7-9(5-6-15)8-17-12(14)16/h1-4,9,15H,5-8H2. The van der Waals surface area contributed by atoms with E-state index >= 15 is 0 Å². The van der Waals surface area contributed by atoms with E-state index in [4.69, 9.17) is 21.4 Å². The maximum absolute atomic E-state index is 11.6. The Bertz CT molecular complexity index is 393. The third-order valence-corrected chi connectivity index (χ3v) is 3.03. The van der Waals surface area contributed by atoms with Crippen molar-refractivity contribution in [2.45, 2.75) is 6.42 Å². The average Bonchev–Trinajstić information content (AvgIpc) is 2.33. The highest BCUT2D eigenvalue weighted by Crippen LogP contribution is 2.23. The van der Waals surface area contributed by atoms with Crippen molar-refractivity contribution in [1.82, 2.24) is 0 Å². The number of aliphatic hydroxyl groups is 1. The van der Waals surface area contributed by atoms with Crippen LogP contribution < -0.4 is 4.90 Å². The average molecular weight is 256 g/mol. The third kappa shape index (κ3) is 2.90. The zero-order valence-corrected chi connectivity index (χ0v) is 10.1. The summed E-state index contributed by atoms with van der Waals surface area (Å²) in [4.78, 5) is 13.2. The normalized spacial score (nSPS) is 20.2. The van der Waals surface area contributed by atoms with Crippen LogP contribution in [0, 0.1) is 5.92 Å². The summed E-state index contributed by atoms with van der Waals surface area (Å²) >= 11 is 5.80. The van der Waals surface area contributed by atoms with Crippen LogP contribution in [0.25, 0.3) is 0 Å². The van der Waals surface area contributed by atoms with Crippen LogP contribution in [-0.4, -0.2) is 31.0 Å². The second-order valence-corrected chi connectivity index (χ2v) is 4.48. The summed E-state index contributed by atoms with van der Waals surface area (Å²) in [6, 6.07) is 7.04. The third-order valence-electron chi connectivity index (χ3n) is 2.78. The highest BCUT2D eigenvalue weighted by molar-refractivity contribution is 6.30. The number of benzene rings is 1. The van der Waals surface area contributed by atoms with E-state index in [0.29, 0.717) is 24.6 Å². The summed E-state index contributed by atoms with van der Waals surface area (Å²) in [5.74, 6) is 0.174. The van der Waals surface area contributed by atoms with Gasteiger partial charge in [0.15, 0.2) is 0 Å². The van der Waals surface area contributed by atoms with Gasteiger partial charge in [-0.3, -0.25) is 4.90 Å². The van der Waals surface area contributed by atoms with Gasteiger partial charge in [-0.15, -0.1) is 0 Å². The first-order valence-electron chi connectivity index (χ1n) is 5.51. The summed E-state index contributed by atoms with van der Waals surface area (Å²) in [5, 5.41) is 9.53. The van der Waals surface area contributed by atoms with Crippen LogP contribution in [0.2, 0.25) is 5.02 Å². The van der Waals surface area contributed by atoms with E-state index in [-0.39, 0.29) is 18.6 Å². The summed E-state index contributed by atoms with van der Waals surface area (Å²) < 4.78 is 5.08. The van der Waals surface area contributed by atoms with E-state index < -0.39 is 0 Å². The van der Waals surface area contributed by atoms with Crippen molar-refractivity contribution in [1.29, 1.82) is 0 Å². The van der Waals surface area contributed by atoms with Crippen molar-refractivity contribution >= 4 is 23.4 Å². The SMILES string of the molecule is O=C1OCC(CCO)CN1c1ccc(Cl)cc1. The molecule has 0 aromatic heterocycles. The maximum Gasteiger partial charge on any atom is 0.414 e. The van der Waals surface area contributed by atoms with E-state index in [1.165, 1.54) is 0 Å². The number of carbonyl (C=O) groups excluding carboxylic acids is 1. The zero-order valence-electron chi connectivity index (χ0n) is 9.30. The summed E-state index contributed by atoms with van der Waals surface area (Å²) in [6.07, 6.45) is 0.290. The molecule has 4 nitrogen and oxygen atoms in total. The monoisotopic (exact) mass is 255 g/mol. The lowest BCUT2D eigenvalue weighted by molar-refractivity contribution is 0.104. The van der Waals surface area contributed by atoms with Crippen LogP contribution in [0.4, 0.5) is 10.5 Å². The highest BCUT2D eigenvalue weighted by Gasteiger charge is 2.27. The minimum atomic E-state index is -0.346. The van der Waals surface area contributed by atoms with Crippen LogP contribution in [0.5, 0.6) is 0 Å². The predicted molar refractivity (Wildman–Crippen MR) is 65.3 cm³/mol. The Balaban J connectivity index is 2.12. The first kappa shape index (κ1) is 12.2. The summed E-state index contributed by atoms with van der Waals surface area (Å²) in [7, 11) is 0. The van der Waals surface area contributed by atoms with Gasteiger partial charge in [-0.05, 0) is 30.7 Å². The van der Waals surface area contributed by atoms with Gasteiger partial charge in [0.2, 0.25) is 0 Å². The smallest absolute Gasteiger partial charge is 0.414 e. The minimum absolute atomic E-state index is 0.108. The van der Waals surface area contributed by atoms with E-state index in [0.717, 1.165) is 5.69 Å². The molecule has 1 atom stereocenters. The van der Waals surface area contributed by atoms with Crippen LogP contribution in [0.3, 0.4) is 0 Å². The van der Waals surface area contributed by atoms with Gasteiger partial charge in [0.25, 0.3) is 0 Å². The lowest BCUT2D eigenvalue weighted by Gasteiger charge is -2.31. The van der Waals surface area contributed by atoms with Crippen LogP contribution in [0.1, 0.15) is 6.42 Å². The molecule has 92 valence electrons. The fraction of sp³-hybridized carbons (Fsp3) is 0.417. The Kier molecular flexibility index (Phi) is 3.86. The van der Waals surface area contributed by atoms with Gasteiger partial charge >= 0.3 is 6.09 Å². The number of amides is 1. The predicted octanol–water partition coefficient (Wildman–Crippen LogP) is 2.30. The molecular formula is C12H14ClNO3. The van der Waals surface area contributed by atoms with Gasteiger partial charge in [0.05, 0.1) is 6.61 Å². The van der Waals surface area contributed by atoms with Crippen molar-refractivity contribution < 1.29 is 14.6 Å². The number of cyclic esters (lactones) is 1. The van der Waals surface area contributed by atoms with Gasteiger partial charge in [-0.2, -0.15) is 0 Å². The molecule has 1 aromatic rings. The molecule has 1 aromatic carbocycles. The molecule has 1 aliphatic heterocycles.